The molecule has 1 N–H and O–H groups in total. The van der Waals surface area contributed by atoms with Crippen LogP contribution in [0.5, 0.6) is 0 Å². The summed E-state index contributed by atoms with van der Waals surface area (Å²) in [6.07, 6.45) is 5.31. The number of pyridine rings is 1. The van der Waals surface area contributed by atoms with Crippen molar-refractivity contribution in [2.45, 2.75) is 52.7 Å². The van der Waals surface area contributed by atoms with Gasteiger partial charge in [0.2, 0.25) is 0 Å². The minimum Gasteiger partial charge on any atom is -0.356 e. The molecule has 114 valence electrons. The molecule has 0 aromatic carbocycles. The molecule has 0 saturated carbocycles. The second-order valence-corrected chi connectivity index (χ2v) is 6.56. The van der Waals surface area contributed by atoms with E-state index in [4.69, 9.17) is 0 Å². The molecule has 0 saturated heterocycles. The van der Waals surface area contributed by atoms with Crippen LogP contribution in [-0.2, 0) is 6.54 Å². The summed E-state index contributed by atoms with van der Waals surface area (Å²) < 4.78 is 0. The predicted octanol–water partition coefficient (Wildman–Crippen LogP) is 3.47. The molecule has 1 atom stereocenters. The zero-order valence-electron chi connectivity index (χ0n) is 13.7. The number of nitrogens with zero attached hydrogens (tertiary/aromatic N) is 2. The van der Waals surface area contributed by atoms with Gasteiger partial charge in [0, 0.05) is 37.6 Å². The highest BCUT2D eigenvalue weighted by molar-refractivity contribution is 7.98. The van der Waals surface area contributed by atoms with Crippen molar-refractivity contribution in [3.8, 4) is 0 Å². The number of thioether (sulfide) groups is 1. The van der Waals surface area contributed by atoms with E-state index < -0.39 is 0 Å². The molecule has 0 aliphatic carbocycles. The molecule has 0 radical (unpaired) electrons. The van der Waals surface area contributed by atoms with Crippen molar-refractivity contribution in [1.82, 2.24) is 10.3 Å². The van der Waals surface area contributed by atoms with Crippen LogP contribution in [0.25, 0.3) is 0 Å². The number of hydrogen-bond acceptors (Lipinski definition) is 4. The molecule has 0 aliphatic heterocycles. The minimum absolute atomic E-state index is 0.503. The summed E-state index contributed by atoms with van der Waals surface area (Å²) in [6.45, 7) is 9.61. The van der Waals surface area contributed by atoms with Crippen LogP contribution in [0, 0.1) is 6.92 Å². The highest BCUT2D eigenvalue weighted by atomic mass is 32.2. The van der Waals surface area contributed by atoms with Crippen molar-refractivity contribution < 1.29 is 0 Å². The highest BCUT2D eigenvalue weighted by Crippen LogP contribution is 2.21. The number of aromatic nitrogens is 1. The SMILES string of the molecule is CCC(CSC)N(C)c1ncc(CNC(C)C)cc1C. The van der Waals surface area contributed by atoms with E-state index in [1.807, 2.05) is 18.0 Å². The molecule has 20 heavy (non-hydrogen) atoms. The van der Waals surface area contributed by atoms with Crippen LogP contribution < -0.4 is 10.2 Å². The van der Waals surface area contributed by atoms with Crippen LogP contribution >= 0.6 is 11.8 Å². The van der Waals surface area contributed by atoms with Crippen molar-refractivity contribution >= 4 is 17.6 Å². The van der Waals surface area contributed by atoms with Gasteiger partial charge in [0.15, 0.2) is 0 Å². The fourth-order valence-corrected chi connectivity index (χ4v) is 3.13. The molecule has 1 aromatic rings. The summed E-state index contributed by atoms with van der Waals surface area (Å²) in [5.41, 5.74) is 2.52. The smallest absolute Gasteiger partial charge is 0.131 e. The van der Waals surface area contributed by atoms with Gasteiger partial charge in [-0.15, -0.1) is 0 Å². The van der Waals surface area contributed by atoms with Gasteiger partial charge in [0.25, 0.3) is 0 Å². The third-order valence-corrected chi connectivity index (χ3v) is 4.25. The van der Waals surface area contributed by atoms with Gasteiger partial charge in [0.05, 0.1) is 0 Å². The topological polar surface area (TPSA) is 28.2 Å². The Balaban J connectivity index is 2.80. The maximum Gasteiger partial charge on any atom is 0.131 e. The van der Waals surface area contributed by atoms with Crippen molar-refractivity contribution in [2.75, 3.05) is 24.0 Å². The first-order chi connectivity index (χ1) is 9.49. The summed E-state index contributed by atoms with van der Waals surface area (Å²) >= 11 is 1.90. The third-order valence-electron chi connectivity index (χ3n) is 3.53. The maximum atomic E-state index is 4.68. The third kappa shape index (κ3) is 4.98. The van der Waals surface area contributed by atoms with Gasteiger partial charge in [-0.1, -0.05) is 20.8 Å². The Morgan fingerprint density at radius 2 is 2.10 bits per heavy atom. The quantitative estimate of drug-likeness (QED) is 0.795. The zero-order valence-corrected chi connectivity index (χ0v) is 14.5. The van der Waals surface area contributed by atoms with Gasteiger partial charge in [-0.05, 0) is 36.8 Å². The molecule has 1 rings (SSSR count). The highest BCUT2D eigenvalue weighted by Gasteiger charge is 2.15. The average molecular weight is 295 g/mol. The van der Waals surface area contributed by atoms with E-state index in [0.717, 1.165) is 24.5 Å². The Labute approximate surface area is 128 Å². The Morgan fingerprint density at radius 3 is 2.60 bits per heavy atom. The lowest BCUT2D eigenvalue weighted by Gasteiger charge is -2.29. The second-order valence-electron chi connectivity index (χ2n) is 5.65. The molecule has 0 bridgehead atoms. The molecule has 0 aliphatic rings. The minimum atomic E-state index is 0.503. The van der Waals surface area contributed by atoms with Crippen molar-refractivity contribution in [3.05, 3.63) is 23.4 Å². The van der Waals surface area contributed by atoms with Crippen molar-refractivity contribution in [1.29, 1.82) is 0 Å². The number of anilines is 1. The Morgan fingerprint density at radius 1 is 1.40 bits per heavy atom. The lowest BCUT2D eigenvalue weighted by Crippen LogP contribution is -2.34. The van der Waals surface area contributed by atoms with Gasteiger partial charge in [-0.2, -0.15) is 11.8 Å². The van der Waals surface area contributed by atoms with Crippen LogP contribution in [0.2, 0.25) is 0 Å². The zero-order chi connectivity index (χ0) is 15.1. The molecule has 0 fully saturated rings. The summed E-state index contributed by atoms with van der Waals surface area (Å²) in [5, 5.41) is 3.43. The Bertz CT molecular complexity index is 407. The van der Waals surface area contributed by atoms with Crippen molar-refractivity contribution in [2.24, 2.45) is 0 Å². The van der Waals surface area contributed by atoms with Gasteiger partial charge >= 0.3 is 0 Å². The maximum absolute atomic E-state index is 4.68. The summed E-state index contributed by atoms with van der Waals surface area (Å²) in [5.74, 6) is 2.25. The standard InChI is InChI=1S/C16H29N3S/c1-7-15(11-20-6)19(5)16-13(4)8-14(10-18-16)9-17-12(2)3/h8,10,12,15,17H,7,9,11H2,1-6H3. The molecule has 0 amide bonds. The molecule has 0 spiro atoms. The number of nitrogens with one attached hydrogen (secondary N) is 1. The van der Waals surface area contributed by atoms with Crippen LogP contribution in [0.4, 0.5) is 5.82 Å². The van der Waals surface area contributed by atoms with E-state index >= 15 is 0 Å². The van der Waals surface area contributed by atoms with E-state index in [2.05, 4.69) is 62.3 Å². The molecule has 4 heteroatoms. The van der Waals surface area contributed by atoms with Gasteiger partial charge in [0.1, 0.15) is 5.82 Å². The normalized spacial score (nSPS) is 12.8. The predicted molar refractivity (Wildman–Crippen MR) is 91.8 cm³/mol. The first-order valence-electron chi connectivity index (χ1n) is 7.40. The average Bonchev–Trinajstić information content (AvgIpc) is 2.42. The number of hydrogen-bond donors (Lipinski definition) is 1. The fourth-order valence-electron chi connectivity index (χ4n) is 2.28. The number of aryl methyl sites for hydroxylation is 1. The number of rotatable bonds is 8. The molecular formula is C16H29N3S. The van der Waals surface area contributed by atoms with Crippen LogP contribution in [-0.4, -0.2) is 36.1 Å². The van der Waals surface area contributed by atoms with E-state index in [0.29, 0.717) is 12.1 Å². The lowest BCUT2D eigenvalue weighted by molar-refractivity contribution is 0.587. The van der Waals surface area contributed by atoms with Crippen LogP contribution in [0.15, 0.2) is 12.3 Å². The van der Waals surface area contributed by atoms with Gasteiger partial charge < -0.3 is 10.2 Å². The summed E-state index contributed by atoms with van der Waals surface area (Å²) in [7, 11) is 2.16. The lowest BCUT2D eigenvalue weighted by atomic mass is 10.1. The fraction of sp³-hybridized carbons (Fsp3) is 0.688. The molecule has 1 aromatic heterocycles. The monoisotopic (exact) mass is 295 g/mol. The van der Waals surface area contributed by atoms with E-state index in [1.54, 1.807) is 0 Å². The molecule has 1 unspecified atom stereocenters. The first kappa shape index (κ1) is 17.3. The van der Waals surface area contributed by atoms with E-state index in [1.165, 1.54) is 11.1 Å². The Hall–Kier alpha value is -0.740. The first-order valence-corrected chi connectivity index (χ1v) is 8.79. The van der Waals surface area contributed by atoms with Crippen molar-refractivity contribution in [3.63, 3.8) is 0 Å². The molecule has 1 heterocycles. The van der Waals surface area contributed by atoms with E-state index in [9.17, 15) is 0 Å². The van der Waals surface area contributed by atoms with E-state index in [-0.39, 0.29) is 0 Å². The van der Waals surface area contributed by atoms with Crippen LogP contribution in [0.3, 0.4) is 0 Å². The molecule has 3 nitrogen and oxygen atoms in total. The summed E-state index contributed by atoms with van der Waals surface area (Å²) in [6, 6.07) is 3.31. The second kappa shape index (κ2) is 8.53. The summed E-state index contributed by atoms with van der Waals surface area (Å²) in [4.78, 5) is 7.01. The molecular weight excluding hydrogens is 266 g/mol. The largest absolute Gasteiger partial charge is 0.356 e. The Kier molecular flexibility index (Phi) is 7.38. The van der Waals surface area contributed by atoms with Gasteiger partial charge in [-0.3, -0.25) is 0 Å². The van der Waals surface area contributed by atoms with Gasteiger partial charge in [-0.25, -0.2) is 4.98 Å². The van der Waals surface area contributed by atoms with Crippen LogP contribution in [0.1, 0.15) is 38.3 Å².